The van der Waals surface area contributed by atoms with Crippen LogP contribution in [0.25, 0.3) is 0 Å². The van der Waals surface area contributed by atoms with E-state index in [2.05, 4.69) is 0 Å². The zero-order valence-electron chi connectivity index (χ0n) is 12.0. The second kappa shape index (κ2) is 6.94. The van der Waals surface area contributed by atoms with Crippen molar-refractivity contribution in [2.75, 3.05) is 0 Å². The summed E-state index contributed by atoms with van der Waals surface area (Å²) in [6.07, 6.45) is -0.160. The average molecular weight is 259 g/mol. The van der Waals surface area contributed by atoms with Gasteiger partial charge in [-0.05, 0) is 17.4 Å². The van der Waals surface area contributed by atoms with E-state index in [-0.39, 0.29) is 17.9 Å². The summed E-state index contributed by atoms with van der Waals surface area (Å²) in [5.74, 6) is -0.833. The van der Waals surface area contributed by atoms with Crippen molar-refractivity contribution in [3.63, 3.8) is 0 Å². The summed E-state index contributed by atoms with van der Waals surface area (Å²) in [5, 5.41) is 9.19. The number of benzene rings is 1. The molecular weight excluding hydrogens is 238 g/mol. The van der Waals surface area contributed by atoms with Crippen LogP contribution in [0.15, 0.2) is 30.3 Å². The van der Waals surface area contributed by atoms with E-state index in [1.165, 1.54) is 0 Å². The third-order valence-corrected chi connectivity index (χ3v) is 3.06. The van der Waals surface area contributed by atoms with Crippen LogP contribution in [0.1, 0.15) is 39.2 Å². The predicted octanol–water partition coefficient (Wildman–Crippen LogP) is 3.52. The van der Waals surface area contributed by atoms with Crippen LogP contribution in [-0.2, 0) is 9.53 Å². The SMILES string of the molecule is CC(C)C(OC(=O)C(C#N)c1ccccc1)C(C)C. The number of rotatable bonds is 5. The maximum absolute atomic E-state index is 12.1. The van der Waals surface area contributed by atoms with Crippen LogP contribution in [-0.4, -0.2) is 12.1 Å². The first-order valence-corrected chi connectivity index (χ1v) is 6.62. The molecule has 3 heteroatoms. The molecule has 0 amide bonds. The molecule has 0 bridgehead atoms. The molecular formula is C16H21NO2. The Hall–Kier alpha value is -1.82. The molecule has 0 aromatic heterocycles. The number of hydrogen-bond acceptors (Lipinski definition) is 3. The zero-order chi connectivity index (χ0) is 14.4. The van der Waals surface area contributed by atoms with Crippen LogP contribution in [0.3, 0.4) is 0 Å². The lowest BCUT2D eigenvalue weighted by Crippen LogP contribution is -2.30. The van der Waals surface area contributed by atoms with Gasteiger partial charge >= 0.3 is 5.97 Å². The molecule has 1 unspecified atom stereocenters. The third-order valence-electron chi connectivity index (χ3n) is 3.06. The fraction of sp³-hybridized carbons (Fsp3) is 0.500. The van der Waals surface area contributed by atoms with E-state index in [9.17, 15) is 10.1 Å². The number of ether oxygens (including phenoxy) is 1. The monoisotopic (exact) mass is 259 g/mol. The maximum Gasteiger partial charge on any atom is 0.328 e. The lowest BCUT2D eigenvalue weighted by Gasteiger charge is -2.25. The second-order valence-electron chi connectivity index (χ2n) is 5.36. The van der Waals surface area contributed by atoms with Crippen molar-refractivity contribution in [3.05, 3.63) is 35.9 Å². The van der Waals surface area contributed by atoms with Gasteiger partial charge in [-0.25, -0.2) is 0 Å². The first-order chi connectivity index (χ1) is 8.97. The van der Waals surface area contributed by atoms with E-state index in [1.807, 2.05) is 52.0 Å². The van der Waals surface area contributed by atoms with Gasteiger partial charge in [0.2, 0.25) is 0 Å². The fourth-order valence-electron chi connectivity index (χ4n) is 2.15. The van der Waals surface area contributed by atoms with E-state index in [0.717, 1.165) is 0 Å². The fourth-order valence-corrected chi connectivity index (χ4v) is 2.15. The van der Waals surface area contributed by atoms with Gasteiger partial charge in [-0.15, -0.1) is 0 Å². The van der Waals surface area contributed by atoms with Gasteiger partial charge in [0, 0.05) is 0 Å². The number of carbonyl (C=O) groups is 1. The molecule has 0 radical (unpaired) electrons. The molecule has 1 aromatic rings. The Morgan fingerprint density at radius 2 is 1.63 bits per heavy atom. The molecule has 0 saturated heterocycles. The summed E-state index contributed by atoms with van der Waals surface area (Å²) < 4.78 is 5.52. The summed E-state index contributed by atoms with van der Waals surface area (Å²) >= 11 is 0. The van der Waals surface area contributed by atoms with E-state index in [0.29, 0.717) is 5.56 Å². The van der Waals surface area contributed by atoms with Crippen molar-refractivity contribution in [1.82, 2.24) is 0 Å². The van der Waals surface area contributed by atoms with Crippen molar-refractivity contribution in [3.8, 4) is 6.07 Å². The number of carbonyl (C=O) groups excluding carboxylic acids is 1. The largest absolute Gasteiger partial charge is 0.461 e. The first kappa shape index (κ1) is 15.2. The summed E-state index contributed by atoms with van der Waals surface area (Å²) in [6, 6.07) is 11.1. The zero-order valence-corrected chi connectivity index (χ0v) is 12.0. The molecule has 1 aromatic carbocycles. The summed E-state index contributed by atoms with van der Waals surface area (Å²) in [4.78, 5) is 12.1. The van der Waals surface area contributed by atoms with Gasteiger partial charge in [0.15, 0.2) is 5.92 Å². The van der Waals surface area contributed by atoms with E-state index < -0.39 is 11.9 Å². The van der Waals surface area contributed by atoms with Crippen molar-refractivity contribution in [2.45, 2.75) is 39.7 Å². The molecule has 0 fully saturated rings. The van der Waals surface area contributed by atoms with E-state index >= 15 is 0 Å². The lowest BCUT2D eigenvalue weighted by molar-refractivity contribution is -0.154. The number of nitrogens with zero attached hydrogens (tertiary/aromatic N) is 1. The van der Waals surface area contributed by atoms with Crippen molar-refractivity contribution >= 4 is 5.97 Å². The Morgan fingerprint density at radius 3 is 2.05 bits per heavy atom. The average Bonchev–Trinajstić information content (AvgIpc) is 2.37. The molecule has 3 nitrogen and oxygen atoms in total. The van der Waals surface area contributed by atoms with Crippen LogP contribution in [0, 0.1) is 23.2 Å². The van der Waals surface area contributed by atoms with Gasteiger partial charge in [-0.3, -0.25) is 4.79 Å². The predicted molar refractivity (Wildman–Crippen MR) is 74.4 cm³/mol. The molecule has 0 saturated carbocycles. The highest BCUT2D eigenvalue weighted by molar-refractivity contribution is 5.81. The van der Waals surface area contributed by atoms with Gasteiger partial charge in [0.05, 0.1) is 6.07 Å². The van der Waals surface area contributed by atoms with E-state index in [1.54, 1.807) is 12.1 Å². The summed E-state index contributed by atoms with van der Waals surface area (Å²) in [7, 11) is 0. The Balaban J connectivity index is 2.84. The molecule has 1 rings (SSSR count). The Bertz CT molecular complexity index is 438. The Kier molecular flexibility index (Phi) is 5.57. The molecule has 19 heavy (non-hydrogen) atoms. The third kappa shape index (κ3) is 4.10. The highest BCUT2D eigenvalue weighted by atomic mass is 16.5. The van der Waals surface area contributed by atoms with Crippen LogP contribution in [0.2, 0.25) is 0 Å². The first-order valence-electron chi connectivity index (χ1n) is 6.62. The van der Waals surface area contributed by atoms with Gasteiger partial charge in [-0.1, -0.05) is 58.0 Å². The van der Waals surface area contributed by atoms with Gasteiger partial charge in [-0.2, -0.15) is 5.26 Å². The number of nitriles is 1. The standard InChI is InChI=1S/C16H21NO2/c1-11(2)15(12(3)4)19-16(18)14(10-17)13-8-6-5-7-9-13/h5-9,11-12,14-15H,1-4H3. The molecule has 0 spiro atoms. The highest BCUT2D eigenvalue weighted by Gasteiger charge is 2.28. The molecule has 1 atom stereocenters. The molecule has 0 aliphatic heterocycles. The quantitative estimate of drug-likeness (QED) is 0.760. The van der Waals surface area contributed by atoms with Gasteiger partial charge < -0.3 is 4.74 Å². The van der Waals surface area contributed by atoms with Crippen molar-refractivity contribution < 1.29 is 9.53 Å². The van der Waals surface area contributed by atoms with Crippen LogP contribution in [0.4, 0.5) is 0 Å². The molecule has 0 heterocycles. The molecule has 102 valence electrons. The Labute approximate surface area is 115 Å². The second-order valence-corrected chi connectivity index (χ2v) is 5.36. The lowest BCUT2D eigenvalue weighted by atomic mass is 9.95. The van der Waals surface area contributed by atoms with E-state index in [4.69, 9.17) is 4.74 Å². The summed E-state index contributed by atoms with van der Waals surface area (Å²) in [5.41, 5.74) is 0.682. The van der Waals surface area contributed by atoms with Crippen LogP contribution < -0.4 is 0 Å². The van der Waals surface area contributed by atoms with Gasteiger partial charge in [0.1, 0.15) is 6.10 Å². The van der Waals surface area contributed by atoms with Crippen LogP contribution >= 0.6 is 0 Å². The van der Waals surface area contributed by atoms with Crippen molar-refractivity contribution in [2.24, 2.45) is 11.8 Å². The number of hydrogen-bond donors (Lipinski definition) is 0. The van der Waals surface area contributed by atoms with Crippen molar-refractivity contribution in [1.29, 1.82) is 5.26 Å². The minimum atomic E-state index is -0.846. The maximum atomic E-state index is 12.1. The minimum absolute atomic E-state index is 0.160. The van der Waals surface area contributed by atoms with Gasteiger partial charge in [0.25, 0.3) is 0 Å². The Morgan fingerprint density at radius 1 is 1.11 bits per heavy atom. The topological polar surface area (TPSA) is 50.1 Å². The van der Waals surface area contributed by atoms with Crippen LogP contribution in [0.5, 0.6) is 0 Å². The minimum Gasteiger partial charge on any atom is -0.461 e. The molecule has 0 aliphatic rings. The summed E-state index contributed by atoms with van der Waals surface area (Å²) in [6.45, 7) is 8.06. The number of esters is 1. The highest BCUT2D eigenvalue weighted by Crippen LogP contribution is 2.22. The molecule has 0 aliphatic carbocycles. The smallest absolute Gasteiger partial charge is 0.328 e. The normalized spacial score (nSPS) is 12.5. The molecule has 0 N–H and O–H groups in total.